The van der Waals surface area contributed by atoms with Crippen LogP contribution in [-0.2, 0) is 16.0 Å². The lowest BCUT2D eigenvalue weighted by molar-refractivity contribution is -0.467. The Kier molecular flexibility index (Phi) is 6.68. The monoisotopic (exact) mass is 322 g/mol. The number of benzene rings is 1. The Labute approximate surface area is 135 Å². The number of alkyl carbamates (subject to hydrolysis) is 1. The van der Waals surface area contributed by atoms with Crippen molar-refractivity contribution in [2.45, 2.75) is 45.3 Å². The molecule has 0 unspecified atom stereocenters. The van der Waals surface area contributed by atoms with Gasteiger partial charge in [0.15, 0.2) is 0 Å². The van der Waals surface area contributed by atoms with E-state index in [4.69, 9.17) is 4.74 Å². The van der Waals surface area contributed by atoms with Crippen LogP contribution in [0.15, 0.2) is 30.3 Å². The molecule has 0 saturated heterocycles. The molecule has 0 bridgehead atoms. The van der Waals surface area contributed by atoms with Crippen molar-refractivity contribution in [1.29, 1.82) is 0 Å². The van der Waals surface area contributed by atoms with Crippen LogP contribution in [-0.4, -0.2) is 35.0 Å². The van der Waals surface area contributed by atoms with Crippen molar-refractivity contribution in [2.75, 3.05) is 6.54 Å². The highest BCUT2D eigenvalue weighted by atomic mass is 16.6. The highest BCUT2D eigenvalue weighted by Gasteiger charge is 2.26. The molecule has 0 aromatic heterocycles. The predicted octanol–water partition coefficient (Wildman–Crippen LogP) is 2.36. The summed E-state index contributed by atoms with van der Waals surface area (Å²) in [6.07, 6.45) is 0.0352. The second-order valence-electron chi connectivity index (χ2n) is 6.18. The maximum Gasteiger partial charge on any atom is 0.408 e. The minimum absolute atomic E-state index is 0.274. The molecule has 1 amide bonds. The molecule has 1 atom stereocenters. The summed E-state index contributed by atoms with van der Waals surface area (Å²) < 4.78 is 5.10. The van der Waals surface area contributed by atoms with E-state index in [1.54, 1.807) is 20.8 Å². The number of carbonyl (C=O) groups is 2. The first-order valence-electron chi connectivity index (χ1n) is 7.35. The van der Waals surface area contributed by atoms with Crippen molar-refractivity contribution < 1.29 is 19.2 Å². The first-order valence-corrected chi connectivity index (χ1v) is 7.35. The fraction of sp³-hybridized carbons (Fsp3) is 0.500. The van der Waals surface area contributed by atoms with E-state index in [9.17, 15) is 19.7 Å². The molecule has 1 aromatic rings. The Hall–Kier alpha value is -2.44. The maximum atomic E-state index is 12.0. The molecule has 0 aliphatic rings. The molecule has 0 fully saturated rings. The van der Waals surface area contributed by atoms with Crippen LogP contribution in [0.2, 0.25) is 0 Å². The van der Waals surface area contributed by atoms with Gasteiger partial charge < -0.3 is 10.1 Å². The molecule has 7 heteroatoms. The van der Waals surface area contributed by atoms with E-state index in [2.05, 4.69) is 5.32 Å². The third kappa shape index (κ3) is 7.94. The van der Waals surface area contributed by atoms with Gasteiger partial charge in [0.1, 0.15) is 5.60 Å². The lowest BCUT2D eigenvalue weighted by Gasteiger charge is -2.22. The van der Waals surface area contributed by atoms with Gasteiger partial charge in [-0.2, -0.15) is 0 Å². The quantitative estimate of drug-likeness (QED) is 0.613. The summed E-state index contributed by atoms with van der Waals surface area (Å²) in [5, 5.41) is 13.0. The minimum atomic E-state index is -0.949. The van der Waals surface area contributed by atoms with Gasteiger partial charge in [-0.25, -0.2) is 4.79 Å². The molecule has 0 saturated carbocycles. The Morgan fingerprint density at radius 1 is 1.26 bits per heavy atom. The van der Waals surface area contributed by atoms with Gasteiger partial charge in [0.05, 0.1) is 6.04 Å². The van der Waals surface area contributed by atoms with Crippen LogP contribution in [0, 0.1) is 10.1 Å². The van der Waals surface area contributed by atoms with Crippen molar-refractivity contribution in [1.82, 2.24) is 5.32 Å². The smallest absolute Gasteiger partial charge is 0.408 e. The Morgan fingerprint density at radius 3 is 2.39 bits per heavy atom. The van der Waals surface area contributed by atoms with Gasteiger partial charge in [-0.15, -0.1) is 0 Å². The fourth-order valence-electron chi connectivity index (χ4n) is 1.96. The van der Waals surface area contributed by atoms with Gasteiger partial charge in [-0.1, -0.05) is 30.3 Å². The summed E-state index contributed by atoms with van der Waals surface area (Å²) in [5.41, 5.74) is 0.276. The number of nitrogens with zero attached hydrogens (tertiary/aromatic N) is 1. The lowest BCUT2D eigenvalue weighted by atomic mass is 10.0. The third-order valence-electron chi connectivity index (χ3n) is 2.93. The van der Waals surface area contributed by atoms with Gasteiger partial charge in [0.2, 0.25) is 5.78 Å². The Bertz CT molecular complexity index is 551. The molecular formula is C16H22N2O5. The van der Waals surface area contributed by atoms with Crippen LogP contribution < -0.4 is 5.32 Å². The number of aryl methyl sites for hydroxylation is 1. The van der Waals surface area contributed by atoms with Crippen molar-refractivity contribution in [3.05, 3.63) is 46.0 Å². The molecule has 126 valence electrons. The molecule has 1 aromatic carbocycles. The van der Waals surface area contributed by atoms with E-state index in [0.717, 1.165) is 5.56 Å². The van der Waals surface area contributed by atoms with Gasteiger partial charge in [-0.3, -0.25) is 14.9 Å². The highest BCUT2D eigenvalue weighted by molar-refractivity contribution is 5.88. The molecular weight excluding hydrogens is 300 g/mol. The third-order valence-corrected chi connectivity index (χ3v) is 2.93. The number of rotatable bonds is 7. The standard InChI is InChI=1S/C16H22N2O5/c1-16(2,3)23-15(20)17-13(14(19)11-18(21)22)10-9-12-7-5-4-6-8-12/h4-8,13H,9-11H2,1-3H3,(H,17,20)/t13-/m0/s1. The van der Waals surface area contributed by atoms with Gasteiger partial charge in [-0.05, 0) is 39.2 Å². The molecule has 1 rings (SSSR count). The number of nitrogens with one attached hydrogen (secondary N) is 1. The average Bonchev–Trinajstić information content (AvgIpc) is 2.41. The van der Waals surface area contributed by atoms with Crippen molar-refractivity contribution >= 4 is 11.9 Å². The summed E-state index contributed by atoms with van der Waals surface area (Å²) in [5.74, 6) is -0.642. The van der Waals surface area contributed by atoms with Gasteiger partial charge in [0, 0.05) is 4.92 Å². The zero-order chi connectivity index (χ0) is 17.5. The first-order chi connectivity index (χ1) is 10.7. The Morgan fingerprint density at radius 2 is 1.87 bits per heavy atom. The summed E-state index contributed by atoms with van der Waals surface area (Å²) in [4.78, 5) is 33.6. The molecule has 0 aliphatic carbocycles. The Balaban J connectivity index is 2.70. The molecule has 0 heterocycles. The number of hydrogen-bond acceptors (Lipinski definition) is 5. The summed E-state index contributed by atoms with van der Waals surface area (Å²) in [6, 6.07) is 8.44. The van der Waals surface area contributed by atoms with Crippen molar-refractivity contribution in [3.8, 4) is 0 Å². The molecule has 0 radical (unpaired) electrons. The molecule has 23 heavy (non-hydrogen) atoms. The number of nitro groups is 1. The van der Waals surface area contributed by atoms with Gasteiger partial charge in [0.25, 0.3) is 6.54 Å². The normalized spacial score (nSPS) is 12.3. The second kappa shape index (κ2) is 8.26. The zero-order valence-electron chi connectivity index (χ0n) is 13.6. The fourth-order valence-corrected chi connectivity index (χ4v) is 1.96. The second-order valence-corrected chi connectivity index (χ2v) is 6.18. The van der Waals surface area contributed by atoms with E-state index in [1.165, 1.54) is 0 Å². The predicted molar refractivity (Wildman–Crippen MR) is 84.8 cm³/mol. The van der Waals surface area contributed by atoms with Crippen LogP contribution in [0.25, 0.3) is 0 Å². The number of ketones is 1. The average molecular weight is 322 g/mol. The van der Waals surface area contributed by atoms with Crippen molar-refractivity contribution in [2.24, 2.45) is 0 Å². The van der Waals surface area contributed by atoms with E-state index in [0.29, 0.717) is 6.42 Å². The summed E-state index contributed by atoms with van der Waals surface area (Å²) >= 11 is 0. The van der Waals surface area contributed by atoms with E-state index in [1.807, 2.05) is 30.3 Å². The summed E-state index contributed by atoms with van der Waals surface area (Å²) in [7, 11) is 0. The van der Waals surface area contributed by atoms with Crippen LogP contribution in [0.3, 0.4) is 0 Å². The topological polar surface area (TPSA) is 98.5 Å². The number of amides is 1. The van der Waals surface area contributed by atoms with E-state index < -0.39 is 35.0 Å². The number of hydrogen-bond donors (Lipinski definition) is 1. The minimum Gasteiger partial charge on any atom is -0.444 e. The van der Waals surface area contributed by atoms with E-state index in [-0.39, 0.29) is 6.42 Å². The lowest BCUT2D eigenvalue weighted by Crippen LogP contribution is -2.45. The largest absolute Gasteiger partial charge is 0.444 e. The van der Waals surface area contributed by atoms with Crippen LogP contribution in [0.1, 0.15) is 32.8 Å². The highest BCUT2D eigenvalue weighted by Crippen LogP contribution is 2.09. The molecule has 7 nitrogen and oxygen atoms in total. The summed E-state index contributed by atoms with van der Waals surface area (Å²) in [6.45, 7) is 4.27. The van der Waals surface area contributed by atoms with E-state index >= 15 is 0 Å². The number of Topliss-reactive ketones (excluding diaryl/α,β-unsaturated/α-hetero) is 1. The van der Waals surface area contributed by atoms with Crippen LogP contribution in [0.4, 0.5) is 4.79 Å². The molecule has 0 aliphatic heterocycles. The SMILES string of the molecule is CC(C)(C)OC(=O)N[C@@H](CCc1ccccc1)C(=O)C[N+](=O)[O-]. The number of ether oxygens (including phenoxy) is 1. The maximum absolute atomic E-state index is 12.0. The van der Waals surface area contributed by atoms with Gasteiger partial charge >= 0.3 is 6.09 Å². The first kappa shape index (κ1) is 18.6. The van der Waals surface area contributed by atoms with Crippen molar-refractivity contribution in [3.63, 3.8) is 0 Å². The van der Waals surface area contributed by atoms with Crippen LogP contribution in [0.5, 0.6) is 0 Å². The molecule has 1 N–H and O–H groups in total. The molecule has 0 spiro atoms. The van der Waals surface area contributed by atoms with Crippen LogP contribution >= 0.6 is 0 Å². The zero-order valence-corrected chi connectivity index (χ0v) is 13.6. The number of carbonyl (C=O) groups excluding carboxylic acids is 2.